The minimum atomic E-state index is -0.480. The fourth-order valence-electron chi connectivity index (χ4n) is 3.47. The van der Waals surface area contributed by atoms with Gasteiger partial charge in [0.2, 0.25) is 5.91 Å². The number of guanidine groups is 1. The van der Waals surface area contributed by atoms with Crippen molar-refractivity contribution >= 4 is 35.8 Å². The number of nitrogens with one attached hydrogen (secondary N) is 2. The van der Waals surface area contributed by atoms with Crippen molar-refractivity contribution in [2.45, 2.75) is 58.2 Å². The first kappa shape index (κ1) is 24.4. The molecule has 1 amide bonds. The van der Waals surface area contributed by atoms with Crippen LogP contribution in [0.5, 0.6) is 0 Å². The van der Waals surface area contributed by atoms with Gasteiger partial charge < -0.3 is 25.0 Å². The summed E-state index contributed by atoms with van der Waals surface area (Å²) in [5, 5.41) is 6.06. The summed E-state index contributed by atoms with van der Waals surface area (Å²) in [4.78, 5) is 18.6. The molecule has 27 heavy (non-hydrogen) atoms. The Morgan fingerprint density at radius 2 is 1.96 bits per heavy atom. The van der Waals surface area contributed by atoms with Crippen molar-refractivity contribution in [1.82, 2.24) is 15.5 Å². The Morgan fingerprint density at radius 1 is 1.26 bits per heavy atom. The zero-order chi connectivity index (χ0) is 19.0. The summed E-state index contributed by atoms with van der Waals surface area (Å²) >= 11 is 0. The molecule has 0 aromatic rings. The maximum atomic E-state index is 11.9. The van der Waals surface area contributed by atoms with E-state index in [1.54, 1.807) is 14.1 Å². The Hall–Kier alpha value is -0.610. The number of aliphatic imine (C=N–C) groups is 1. The highest BCUT2D eigenvalue weighted by Crippen LogP contribution is 2.18. The van der Waals surface area contributed by atoms with Gasteiger partial charge in [0.1, 0.15) is 0 Å². The summed E-state index contributed by atoms with van der Waals surface area (Å²) in [5.74, 6) is 0.883. The number of nitrogens with zero attached hydrogens (tertiary/aromatic N) is 2. The van der Waals surface area contributed by atoms with Gasteiger partial charge in [0.25, 0.3) is 0 Å². The lowest BCUT2D eigenvalue weighted by atomic mass is 9.92. The third-order valence-electron chi connectivity index (χ3n) is 5.28. The summed E-state index contributed by atoms with van der Waals surface area (Å²) in [7, 11) is 3.46. The van der Waals surface area contributed by atoms with Crippen molar-refractivity contribution in [2.75, 3.05) is 46.9 Å². The first-order valence-corrected chi connectivity index (χ1v) is 9.87. The number of ether oxygens (including phenoxy) is 2. The van der Waals surface area contributed by atoms with Gasteiger partial charge >= 0.3 is 0 Å². The molecule has 0 spiro atoms. The zero-order valence-corrected chi connectivity index (χ0v) is 19.6. The van der Waals surface area contributed by atoms with Gasteiger partial charge in [-0.05, 0) is 46.0 Å². The number of piperidine rings is 1. The molecule has 0 radical (unpaired) electrons. The number of amides is 1. The van der Waals surface area contributed by atoms with E-state index >= 15 is 0 Å². The average molecular weight is 496 g/mol. The van der Waals surface area contributed by atoms with E-state index in [1.807, 2.05) is 13.8 Å². The molecule has 8 heteroatoms. The van der Waals surface area contributed by atoms with Crippen molar-refractivity contribution in [3.05, 3.63) is 0 Å². The second-order valence-corrected chi connectivity index (χ2v) is 7.87. The Labute approximate surface area is 181 Å². The molecule has 2 heterocycles. The van der Waals surface area contributed by atoms with E-state index in [0.717, 1.165) is 51.5 Å². The van der Waals surface area contributed by atoms with Crippen LogP contribution in [0.1, 0.15) is 46.0 Å². The van der Waals surface area contributed by atoms with Crippen molar-refractivity contribution < 1.29 is 14.3 Å². The number of halogens is 1. The molecule has 1 atom stereocenters. The third-order valence-corrected chi connectivity index (χ3v) is 5.28. The molecule has 1 unspecified atom stereocenters. The SMILES string of the molecule is CN=C(NCC(C)(C)C(=O)NC)N1CCC(OCC2CCCCO2)CC1.I. The van der Waals surface area contributed by atoms with Crippen molar-refractivity contribution in [2.24, 2.45) is 10.4 Å². The molecular weight excluding hydrogens is 459 g/mol. The van der Waals surface area contributed by atoms with Crippen molar-refractivity contribution in [1.29, 1.82) is 0 Å². The largest absolute Gasteiger partial charge is 0.376 e. The molecule has 158 valence electrons. The summed E-state index contributed by atoms with van der Waals surface area (Å²) in [6.07, 6.45) is 6.12. The molecule has 0 aliphatic carbocycles. The lowest BCUT2D eigenvalue weighted by Crippen LogP contribution is -2.51. The van der Waals surface area contributed by atoms with E-state index in [2.05, 4.69) is 20.5 Å². The van der Waals surface area contributed by atoms with Crippen LogP contribution >= 0.6 is 24.0 Å². The van der Waals surface area contributed by atoms with E-state index in [1.165, 1.54) is 12.8 Å². The minimum absolute atomic E-state index is 0. The normalized spacial score (nSPS) is 22.1. The van der Waals surface area contributed by atoms with Crippen LogP contribution in [-0.4, -0.2) is 75.9 Å². The molecule has 2 saturated heterocycles. The van der Waals surface area contributed by atoms with E-state index in [9.17, 15) is 4.79 Å². The maximum Gasteiger partial charge on any atom is 0.227 e. The quantitative estimate of drug-likeness (QED) is 0.335. The summed E-state index contributed by atoms with van der Waals surface area (Å²) in [6.45, 7) is 7.83. The molecule has 7 nitrogen and oxygen atoms in total. The van der Waals surface area contributed by atoms with Gasteiger partial charge in [-0.15, -0.1) is 24.0 Å². The molecule has 0 bridgehead atoms. The Balaban J connectivity index is 0.00000364. The third kappa shape index (κ3) is 7.73. The van der Waals surface area contributed by atoms with Crippen LogP contribution in [0.2, 0.25) is 0 Å². The average Bonchev–Trinajstić information content (AvgIpc) is 2.67. The highest BCUT2D eigenvalue weighted by Gasteiger charge is 2.28. The fraction of sp³-hybridized carbons (Fsp3) is 0.895. The summed E-state index contributed by atoms with van der Waals surface area (Å²) in [5.41, 5.74) is -0.480. The highest BCUT2D eigenvalue weighted by atomic mass is 127. The van der Waals surface area contributed by atoms with Crippen LogP contribution in [0.15, 0.2) is 4.99 Å². The highest BCUT2D eigenvalue weighted by molar-refractivity contribution is 14.0. The van der Waals surface area contributed by atoms with Crippen molar-refractivity contribution in [3.8, 4) is 0 Å². The molecule has 2 rings (SSSR count). The smallest absolute Gasteiger partial charge is 0.227 e. The van der Waals surface area contributed by atoms with Gasteiger partial charge in [-0.2, -0.15) is 0 Å². The Morgan fingerprint density at radius 3 is 2.52 bits per heavy atom. The number of hydrogen-bond acceptors (Lipinski definition) is 4. The number of hydrogen-bond donors (Lipinski definition) is 2. The van der Waals surface area contributed by atoms with E-state index < -0.39 is 5.41 Å². The number of carbonyl (C=O) groups excluding carboxylic acids is 1. The summed E-state index contributed by atoms with van der Waals surface area (Å²) < 4.78 is 11.8. The summed E-state index contributed by atoms with van der Waals surface area (Å²) in [6, 6.07) is 0. The van der Waals surface area contributed by atoms with Crippen LogP contribution in [0.4, 0.5) is 0 Å². The van der Waals surface area contributed by atoms with Gasteiger partial charge in [-0.1, -0.05) is 0 Å². The molecule has 2 aliphatic rings. The number of carbonyl (C=O) groups is 1. The van der Waals surface area contributed by atoms with Crippen LogP contribution in [-0.2, 0) is 14.3 Å². The number of rotatable bonds is 6. The maximum absolute atomic E-state index is 11.9. The molecular formula is C19H37IN4O3. The molecule has 2 aliphatic heterocycles. The van der Waals surface area contributed by atoms with Gasteiger partial charge in [0.15, 0.2) is 5.96 Å². The first-order chi connectivity index (χ1) is 12.5. The van der Waals surface area contributed by atoms with E-state index in [4.69, 9.17) is 9.47 Å². The van der Waals surface area contributed by atoms with Gasteiger partial charge in [0, 0.05) is 40.3 Å². The monoisotopic (exact) mass is 496 g/mol. The minimum Gasteiger partial charge on any atom is -0.376 e. The molecule has 0 aromatic heterocycles. The lowest BCUT2D eigenvalue weighted by molar-refractivity contribution is -0.128. The molecule has 0 saturated carbocycles. The van der Waals surface area contributed by atoms with Crippen molar-refractivity contribution in [3.63, 3.8) is 0 Å². The van der Waals surface area contributed by atoms with Gasteiger partial charge in [-0.25, -0.2) is 0 Å². The second-order valence-electron chi connectivity index (χ2n) is 7.87. The van der Waals surface area contributed by atoms with E-state index in [-0.39, 0.29) is 36.0 Å². The van der Waals surface area contributed by atoms with Gasteiger partial charge in [-0.3, -0.25) is 9.79 Å². The van der Waals surface area contributed by atoms with Crippen LogP contribution < -0.4 is 10.6 Å². The predicted octanol–water partition coefficient (Wildman–Crippen LogP) is 2.00. The Bertz CT molecular complexity index is 474. The first-order valence-electron chi connectivity index (χ1n) is 9.87. The lowest BCUT2D eigenvalue weighted by Gasteiger charge is -2.36. The van der Waals surface area contributed by atoms with Gasteiger partial charge in [0.05, 0.1) is 24.2 Å². The predicted molar refractivity (Wildman–Crippen MR) is 119 cm³/mol. The standard InChI is InChI=1S/C19H36N4O3.HI/c1-19(2,17(24)20-3)14-22-18(21-4)23-10-8-15(9-11-23)26-13-16-7-5-6-12-25-16;/h15-16H,5-14H2,1-4H3,(H,20,24)(H,21,22);1H. The zero-order valence-electron chi connectivity index (χ0n) is 17.3. The van der Waals surface area contributed by atoms with E-state index in [0.29, 0.717) is 12.6 Å². The van der Waals surface area contributed by atoms with Crippen LogP contribution in [0, 0.1) is 5.41 Å². The Kier molecular flexibility index (Phi) is 10.9. The van der Waals surface area contributed by atoms with Crippen LogP contribution in [0.3, 0.4) is 0 Å². The topological polar surface area (TPSA) is 75.2 Å². The molecule has 2 N–H and O–H groups in total. The molecule has 0 aromatic carbocycles. The molecule has 2 fully saturated rings. The second kappa shape index (κ2) is 12.1. The van der Waals surface area contributed by atoms with Crippen LogP contribution in [0.25, 0.3) is 0 Å². The fourth-order valence-corrected chi connectivity index (χ4v) is 3.47. The number of likely N-dealkylation sites (tertiary alicyclic amines) is 1.